The maximum atomic E-state index is 12.0. The molecule has 0 saturated carbocycles. The van der Waals surface area contributed by atoms with Crippen LogP contribution in [-0.2, 0) is 0 Å². The molecule has 0 spiro atoms. The molecule has 5 heteroatoms. The first-order valence-corrected chi connectivity index (χ1v) is 5.28. The van der Waals surface area contributed by atoms with Crippen LogP contribution >= 0.6 is 11.6 Å². The third-order valence-corrected chi connectivity index (χ3v) is 2.73. The van der Waals surface area contributed by atoms with Crippen molar-refractivity contribution in [1.82, 2.24) is 4.90 Å². The van der Waals surface area contributed by atoms with Gasteiger partial charge in [-0.1, -0.05) is 11.6 Å². The lowest BCUT2D eigenvalue weighted by Gasteiger charge is -2.23. The average Bonchev–Trinajstić information content (AvgIpc) is 2.29. The van der Waals surface area contributed by atoms with Crippen LogP contribution in [0.4, 0.5) is 5.69 Å². The summed E-state index contributed by atoms with van der Waals surface area (Å²) in [5, 5.41) is 9.43. The van der Waals surface area contributed by atoms with Crippen molar-refractivity contribution in [3.63, 3.8) is 0 Å². The molecule has 1 atom stereocenters. The number of aliphatic hydroxyl groups is 1. The predicted molar refractivity (Wildman–Crippen MR) is 64.5 cm³/mol. The fourth-order valence-electron chi connectivity index (χ4n) is 1.23. The van der Waals surface area contributed by atoms with Gasteiger partial charge in [-0.2, -0.15) is 0 Å². The minimum atomic E-state index is -0.258. The number of nitrogen functional groups attached to an aromatic ring is 1. The Kier molecular flexibility index (Phi) is 4.15. The van der Waals surface area contributed by atoms with Crippen molar-refractivity contribution < 1.29 is 9.90 Å². The lowest BCUT2D eigenvalue weighted by molar-refractivity contribution is 0.0683. The molecule has 0 radical (unpaired) electrons. The number of rotatable bonds is 3. The maximum Gasteiger partial charge on any atom is 0.256 e. The van der Waals surface area contributed by atoms with E-state index >= 15 is 0 Å². The topological polar surface area (TPSA) is 66.6 Å². The van der Waals surface area contributed by atoms with Crippen molar-refractivity contribution in [2.75, 3.05) is 19.4 Å². The molecule has 16 heavy (non-hydrogen) atoms. The third kappa shape index (κ3) is 2.65. The van der Waals surface area contributed by atoms with E-state index in [4.69, 9.17) is 22.4 Å². The lowest BCUT2D eigenvalue weighted by Crippen LogP contribution is -2.37. The highest BCUT2D eigenvalue weighted by Crippen LogP contribution is 2.19. The quantitative estimate of drug-likeness (QED) is 0.787. The van der Waals surface area contributed by atoms with E-state index in [0.717, 1.165) is 0 Å². The molecule has 88 valence electrons. The number of likely N-dealkylation sites (N-methyl/N-ethyl adjacent to an activating group) is 1. The van der Waals surface area contributed by atoms with Crippen LogP contribution in [0, 0.1) is 0 Å². The Labute approximate surface area is 99.6 Å². The van der Waals surface area contributed by atoms with Gasteiger partial charge < -0.3 is 15.7 Å². The summed E-state index contributed by atoms with van der Waals surface area (Å²) in [6.45, 7) is 1.65. The minimum Gasteiger partial charge on any atom is -0.398 e. The Morgan fingerprint density at radius 3 is 2.81 bits per heavy atom. The molecule has 0 aliphatic rings. The van der Waals surface area contributed by atoms with Gasteiger partial charge in [0.15, 0.2) is 0 Å². The fraction of sp³-hybridized carbons (Fsp3) is 0.364. The van der Waals surface area contributed by atoms with Crippen LogP contribution in [0.3, 0.4) is 0 Å². The predicted octanol–water partition coefficient (Wildman–Crippen LogP) is 1.38. The zero-order valence-electron chi connectivity index (χ0n) is 9.27. The Bertz CT molecular complexity index is 396. The summed E-state index contributed by atoms with van der Waals surface area (Å²) in [5.41, 5.74) is 6.44. The Balaban J connectivity index is 3.00. The van der Waals surface area contributed by atoms with E-state index in [1.54, 1.807) is 26.1 Å². The molecule has 1 rings (SSSR count). The molecule has 1 aromatic carbocycles. The fourth-order valence-corrected chi connectivity index (χ4v) is 1.40. The highest BCUT2D eigenvalue weighted by molar-refractivity contribution is 6.31. The summed E-state index contributed by atoms with van der Waals surface area (Å²) in [6, 6.07) is 4.49. The van der Waals surface area contributed by atoms with Gasteiger partial charge in [-0.3, -0.25) is 4.79 Å². The third-order valence-electron chi connectivity index (χ3n) is 2.49. The van der Waals surface area contributed by atoms with Crippen LogP contribution in [-0.4, -0.2) is 35.6 Å². The molecule has 1 amide bonds. The van der Waals surface area contributed by atoms with Crippen LogP contribution in [0.2, 0.25) is 5.02 Å². The van der Waals surface area contributed by atoms with Crippen molar-refractivity contribution in [2.45, 2.75) is 13.0 Å². The number of nitrogens with two attached hydrogens (primary N) is 1. The van der Waals surface area contributed by atoms with Crippen LogP contribution in [0.1, 0.15) is 17.3 Å². The molecule has 0 bridgehead atoms. The standard InChI is InChI=1S/C11H15ClN2O2/c1-7(6-15)14(2)11(16)9-5-8(12)3-4-10(9)13/h3-5,7,15H,6,13H2,1-2H3. The van der Waals surface area contributed by atoms with Gasteiger partial charge in [0.05, 0.1) is 18.2 Å². The van der Waals surface area contributed by atoms with E-state index in [0.29, 0.717) is 16.3 Å². The van der Waals surface area contributed by atoms with Crippen LogP contribution in [0.25, 0.3) is 0 Å². The van der Waals surface area contributed by atoms with Gasteiger partial charge in [0, 0.05) is 17.8 Å². The summed E-state index contributed by atoms with van der Waals surface area (Å²) in [6.07, 6.45) is 0. The van der Waals surface area contributed by atoms with E-state index in [2.05, 4.69) is 0 Å². The summed E-state index contributed by atoms with van der Waals surface area (Å²) < 4.78 is 0. The number of halogens is 1. The van der Waals surface area contributed by atoms with Gasteiger partial charge >= 0.3 is 0 Å². The zero-order chi connectivity index (χ0) is 12.3. The first-order valence-electron chi connectivity index (χ1n) is 4.90. The van der Waals surface area contributed by atoms with E-state index in [1.807, 2.05) is 0 Å². The number of carbonyl (C=O) groups excluding carboxylic acids is 1. The number of amides is 1. The molecule has 1 unspecified atom stereocenters. The minimum absolute atomic E-state index is 0.0945. The molecule has 0 aliphatic carbocycles. The van der Waals surface area contributed by atoms with Crippen molar-refractivity contribution in [1.29, 1.82) is 0 Å². The van der Waals surface area contributed by atoms with Gasteiger partial charge in [-0.15, -0.1) is 0 Å². The zero-order valence-corrected chi connectivity index (χ0v) is 10.0. The average molecular weight is 243 g/mol. The largest absolute Gasteiger partial charge is 0.398 e. The van der Waals surface area contributed by atoms with Gasteiger partial charge in [-0.05, 0) is 25.1 Å². The molecular weight excluding hydrogens is 228 g/mol. The summed E-state index contributed by atoms with van der Waals surface area (Å²) in [5.74, 6) is -0.249. The van der Waals surface area contributed by atoms with E-state index in [1.165, 1.54) is 11.0 Å². The first-order chi connectivity index (χ1) is 7.47. The van der Waals surface area contributed by atoms with Crippen molar-refractivity contribution in [3.05, 3.63) is 28.8 Å². The molecule has 0 aliphatic heterocycles. The molecule has 0 aromatic heterocycles. The van der Waals surface area contributed by atoms with E-state index in [-0.39, 0.29) is 18.6 Å². The van der Waals surface area contributed by atoms with E-state index < -0.39 is 0 Å². The van der Waals surface area contributed by atoms with Crippen LogP contribution in [0.15, 0.2) is 18.2 Å². The molecule has 1 aromatic rings. The number of anilines is 1. The Morgan fingerprint density at radius 2 is 2.25 bits per heavy atom. The lowest BCUT2D eigenvalue weighted by atomic mass is 10.1. The summed E-state index contributed by atoms with van der Waals surface area (Å²) in [7, 11) is 1.61. The van der Waals surface area contributed by atoms with Crippen LogP contribution < -0.4 is 5.73 Å². The van der Waals surface area contributed by atoms with Crippen molar-refractivity contribution >= 4 is 23.2 Å². The summed E-state index contributed by atoms with van der Waals surface area (Å²) >= 11 is 5.80. The highest BCUT2D eigenvalue weighted by Gasteiger charge is 2.19. The highest BCUT2D eigenvalue weighted by atomic mass is 35.5. The molecule has 0 fully saturated rings. The normalized spacial score (nSPS) is 12.2. The second-order valence-electron chi connectivity index (χ2n) is 3.68. The number of benzene rings is 1. The monoisotopic (exact) mass is 242 g/mol. The second-order valence-corrected chi connectivity index (χ2v) is 4.12. The van der Waals surface area contributed by atoms with Crippen molar-refractivity contribution in [2.24, 2.45) is 0 Å². The SMILES string of the molecule is CC(CO)N(C)C(=O)c1cc(Cl)ccc1N. The van der Waals surface area contributed by atoms with Crippen LogP contribution in [0.5, 0.6) is 0 Å². The van der Waals surface area contributed by atoms with Gasteiger partial charge in [0.25, 0.3) is 5.91 Å². The Hall–Kier alpha value is -1.26. The maximum absolute atomic E-state index is 12.0. The van der Waals surface area contributed by atoms with Gasteiger partial charge in [0.1, 0.15) is 0 Å². The molecule has 3 N–H and O–H groups in total. The first kappa shape index (κ1) is 12.8. The number of hydrogen-bond donors (Lipinski definition) is 2. The molecule has 0 saturated heterocycles. The number of aliphatic hydroxyl groups excluding tert-OH is 1. The number of carbonyl (C=O) groups is 1. The summed E-state index contributed by atoms with van der Waals surface area (Å²) in [4.78, 5) is 13.4. The molecular formula is C11H15ClN2O2. The second kappa shape index (κ2) is 5.18. The number of nitrogens with zero attached hydrogens (tertiary/aromatic N) is 1. The number of hydrogen-bond acceptors (Lipinski definition) is 3. The molecule has 4 nitrogen and oxygen atoms in total. The van der Waals surface area contributed by atoms with Crippen molar-refractivity contribution in [3.8, 4) is 0 Å². The van der Waals surface area contributed by atoms with Gasteiger partial charge in [-0.25, -0.2) is 0 Å². The van der Waals surface area contributed by atoms with Gasteiger partial charge in [0.2, 0.25) is 0 Å². The van der Waals surface area contributed by atoms with E-state index in [9.17, 15) is 4.79 Å². The smallest absolute Gasteiger partial charge is 0.256 e. The Morgan fingerprint density at radius 1 is 1.62 bits per heavy atom. The molecule has 0 heterocycles.